The summed E-state index contributed by atoms with van der Waals surface area (Å²) < 4.78 is 44.0. The summed E-state index contributed by atoms with van der Waals surface area (Å²) in [6.45, 7) is 4.68. The minimum absolute atomic E-state index is 0.0954. The number of fused-ring (bicyclic) bond motifs is 1. The Kier molecular flexibility index (Phi) is 5.89. The number of rotatable bonds is 6. The molecule has 35 heavy (non-hydrogen) atoms. The molecule has 0 aliphatic carbocycles. The normalized spacial score (nSPS) is 15.3. The Labute approximate surface area is 202 Å². The van der Waals surface area contributed by atoms with Gasteiger partial charge >= 0.3 is 0 Å². The van der Waals surface area contributed by atoms with Gasteiger partial charge in [-0.1, -0.05) is 6.92 Å². The maximum absolute atomic E-state index is 13.3. The molecule has 182 valence electrons. The van der Waals surface area contributed by atoms with Crippen molar-refractivity contribution in [3.8, 4) is 5.69 Å². The lowest BCUT2D eigenvalue weighted by Gasteiger charge is -2.34. The fraction of sp³-hybridized carbons (Fsp3) is 0.292. The van der Waals surface area contributed by atoms with E-state index < -0.39 is 10.0 Å². The minimum Gasteiger partial charge on any atom is -0.310 e. The Morgan fingerprint density at radius 1 is 1.06 bits per heavy atom. The molecule has 11 heteroatoms. The number of sulfonamides is 1. The van der Waals surface area contributed by atoms with Gasteiger partial charge in [-0.3, -0.25) is 9.48 Å². The molecule has 3 heterocycles. The fourth-order valence-corrected chi connectivity index (χ4v) is 5.67. The van der Waals surface area contributed by atoms with Crippen LogP contribution in [0.4, 0.5) is 10.1 Å². The molecule has 1 saturated heterocycles. The molecule has 0 radical (unpaired) electrons. The summed E-state index contributed by atoms with van der Waals surface area (Å²) in [6.07, 6.45) is 5.37. The van der Waals surface area contributed by atoms with E-state index in [9.17, 15) is 17.6 Å². The molecule has 0 N–H and O–H groups in total. The van der Waals surface area contributed by atoms with Gasteiger partial charge in [0, 0.05) is 36.9 Å². The van der Waals surface area contributed by atoms with Gasteiger partial charge in [-0.25, -0.2) is 17.5 Å². The van der Waals surface area contributed by atoms with Crippen LogP contribution < -0.4 is 4.90 Å². The van der Waals surface area contributed by atoms with Crippen LogP contribution in [0, 0.1) is 12.7 Å². The highest BCUT2D eigenvalue weighted by Gasteiger charge is 2.34. The van der Waals surface area contributed by atoms with Crippen LogP contribution in [-0.2, 0) is 21.4 Å². The van der Waals surface area contributed by atoms with E-state index >= 15 is 0 Å². The molecule has 0 atom stereocenters. The first-order valence-corrected chi connectivity index (χ1v) is 12.8. The number of halogens is 1. The molecule has 9 nitrogen and oxygen atoms in total. The van der Waals surface area contributed by atoms with E-state index in [4.69, 9.17) is 0 Å². The van der Waals surface area contributed by atoms with Crippen molar-refractivity contribution >= 4 is 32.5 Å². The third-order valence-electron chi connectivity index (χ3n) is 6.13. The van der Waals surface area contributed by atoms with Crippen LogP contribution in [0.25, 0.3) is 16.6 Å². The lowest BCUT2D eigenvalue weighted by molar-refractivity contribution is -0.119. The zero-order valence-corrected chi connectivity index (χ0v) is 20.2. The van der Waals surface area contributed by atoms with Crippen LogP contribution >= 0.6 is 0 Å². The molecule has 1 fully saturated rings. The van der Waals surface area contributed by atoms with Gasteiger partial charge in [-0.05, 0) is 55.3 Å². The lowest BCUT2D eigenvalue weighted by atomic mass is 10.1. The number of hydrogen-bond donors (Lipinski definition) is 0. The lowest BCUT2D eigenvalue weighted by Crippen LogP contribution is -2.52. The number of carbonyl (C=O) groups excluding carboxylic acids is 1. The number of hydrogen-bond acceptors (Lipinski definition) is 5. The summed E-state index contributed by atoms with van der Waals surface area (Å²) in [4.78, 5) is 14.8. The number of aromatic nitrogens is 4. The van der Waals surface area contributed by atoms with Gasteiger partial charge in [-0.15, -0.1) is 0 Å². The number of benzene rings is 2. The van der Waals surface area contributed by atoms with Gasteiger partial charge < -0.3 is 4.90 Å². The highest BCUT2D eigenvalue weighted by atomic mass is 32.2. The van der Waals surface area contributed by atoms with Crippen molar-refractivity contribution in [1.29, 1.82) is 0 Å². The second-order valence-electron chi connectivity index (χ2n) is 8.55. The molecule has 0 unspecified atom stereocenters. The Bertz CT molecular complexity index is 1510. The van der Waals surface area contributed by atoms with Crippen LogP contribution in [0.1, 0.15) is 18.9 Å². The first-order chi connectivity index (χ1) is 16.8. The molecule has 1 aliphatic rings. The minimum atomic E-state index is -3.81. The second kappa shape index (κ2) is 8.90. The van der Waals surface area contributed by atoms with Crippen LogP contribution in [0.15, 0.2) is 59.9 Å². The summed E-state index contributed by atoms with van der Waals surface area (Å²) in [5.41, 5.74) is 3.13. The molecular formula is C24H25FN6O3S. The SMILES string of the molecule is CCCn1cc(S(=O)(=O)N2CCN(c3cc4cnn(-c5ccc(F)cc5)c4cc3C)C(=O)C2)cn1. The third-order valence-corrected chi connectivity index (χ3v) is 7.93. The standard InChI is InChI=1S/C24H25FN6O3S/c1-3-8-28-15-21(14-26-28)35(33,34)29-9-10-30(24(32)16-29)22-12-18-13-27-31(23(18)11-17(22)2)20-6-4-19(25)5-7-20/h4-7,11-15H,3,8-10,16H2,1-2H3. The molecule has 5 rings (SSSR count). The smallest absolute Gasteiger partial charge is 0.246 e. The van der Waals surface area contributed by atoms with Gasteiger partial charge in [0.05, 0.1) is 30.1 Å². The van der Waals surface area contributed by atoms with E-state index in [2.05, 4.69) is 10.2 Å². The van der Waals surface area contributed by atoms with E-state index in [0.29, 0.717) is 12.2 Å². The molecule has 0 spiro atoms. The summed E-state index contributed by atoms with van der Waals surface area (Å²) >= 11 is 0. The van der Waals surface area contributed by atoms with Crippen LogP contribution in [0.3, 0.4) is 0 Å². The summed E-state index contributed by atoms with van der Waals surface area (Å²) in [7, 11) is -3.81. The van der Waals surface area contributed by atoms with Gasteiger partial charge in [0.25, 0.3) is 0 Å². The van der Waals surface area contributed by atoms with Gasteiger partial charge in [0.2, 0.25) is 15.9 Å². The van der Waals surface area contributed by atoms with Gasteiger partial charge in [0.1, 0.15) is 10.7 Å². The van der Waals surface area contributed by atoms with Crippen molar-refractivity contribution in [3.63, 3.8) is 0 Å². The fourth-order valence-electron chi connectivity index (χ4n) is 4.33. The molecule has 2 aromatic carbocycles. The monoisotopic (exact) mass is 496 g/mol. The zero-order chi connectivity index (χ0) is 24.7. The number of aryl methyl sites for hydroxylation is 2. The molecule has 4 aromatic rings. The molecular weight excluding hydrogens is 471 g/mol. The van der Waals surface area contributed by atoms with E-state index in [1.54, 1.807) is 32.6 Å². The average molecular weight is 497 g/mol. The first-order valence-electron chi connectivity index (χ1n) is 11.3. The highest BCUT2D eigenvalue weighted by Crippen LogP contribution is 2.30. The van der Waals surface area contributed by atoms with E-state index in [1.807, 2.05) is 26.0 Å². The van der Waals surface area contributed by atoms with Crippen molar-refractivity contribution in [2.24, 2.45) is 0 Å². The summed E-state index contributed by atoms with van der Waals surface area (Å²) in [5, 5.41) is 9.36. The third kappa shape index (κ3) is 4.21. The first kappa shape index (κ1) is 23.2. The molecule has 1 amide bonds. The van der Waals surface area contributed by atoms with E-state index in [-0.39, 0.29) is 36.3 Å². The van der Waals surface area contributed by atoms with Crippen molar-refractivity contribution in [2.45, 2.75) is 31.7 Å². The number of amides is 1. The highest BCUT2D eigenvalue weighted by molar-refractivity contribution is 7.89. The molecule has 0 bridgehead atoms. The largest absolute Gasteiger partial charge is 0.310 e. The average Bonchev–Trinajstić information content (AvgIpc) is 3.47. The van der Waals surface area contributed by atoms with Gasteiger partial charge in [0.15, 0.2) is 0 Å². The number of nitrogens with zero attached hydrogens (tertiary/aromatic N) is 6. The maximum atomic E-state index is 13.3. The zero-order valence-electron chi connectivity index (χ0n) is 19.4. The van der Waals surface area contributed by atoms with Gasteiger partial charge in [-0.2, -0.15) is 14.5 Å². The number of piperazine rings is 1. The second-order valence-corrected chi connectivity index (χ2v) is 10.5. The van der Waals surface area contributed by atoms with Crippen molar-refractivity contribution in [3.05, 3.63) is 66.4 Å². The summed E-state index contributed by atoms with van der Waals surface area (Å²) in [5.74, 6) is -0.618. The Morgan fingerprint density at radius 3 is 2.54 bits per heavy atom. The molecule has 2 aromatic heterocycles. The number of carbonyl (C=O) groups is 1. The Hall–Kier alpha value is -3.57. The quantitative estimate of drug-likeness (QED) is 0.409. The molecule has 0 saturated carbocycles. The maximum Gasteiger partial charge on any atom is 0.246 e. The van der Waals surface area contributed by atoms with Crippen molar-refractivity contribution < 1.29 is 17.6 Å². The summed E-state index contributed by atoms with van der Waals surface area (Å²) in [6, 6.07) is 9.88. The number of anilines is 1. The molecule has 1 aliphatic heterocycles. The van der Waals surface area contributed by atoms with Crippen LogP contribution in [0.5, 0.6) is 0 Å². The predicted molar refractivity (Wildman–Crippen MR) is 129 cm³/mol. The topological polar surface area (TPSA) is 93.3 Å². The van der Waals surface area contributed by atoms with Crippen LogP contribution in [0.2, 0.25) is 0 Å². The predicted octanol–water partition coefficient (Wildman–Crippen LogP) is 3.12. The van der Waals surface area contributed by atoms with Crippen LogP contribution in [-0.4, -0.2) is 57.8 Å². The van der Waals surface area contributed by atoms with E-state index in [1.165, 1.54) is 28.8 Å². The van der Waals surface area contributed by atoms with E-state index in [0.717, 1.165) is 28.6 Å². The Balaban J connectivity index is 1.39. The van der Waals surface area contributed by atoms with Crippen molar-refractivity contribution in [1.82, 2.24) is 23.9 Å². The Morgan fingerprint density at radius 2 is 1.83 bits per heavy atom. The van der Waals surface area contributed by atoms with Crippen molar-refractivity contribution in [2.75, 3.05) is 24.5 Å².